The van der Waals surface area contributed by atoms with Crippen LogP contribution in [0.2, 0.25) is 0 Å². The first-order valence-electron chi connectivity index (χ1n) is 22.5. The molecular weight excluding hydrogens is 1040 g/mol. The van der Waals surface area contributed by atoms with Crippen LogP contribution in [0.25, 0.3) is 90.9 Å². The molecule has 2 aliphatic rings. The van der Waals surface area contributed by atoms with Gasteiger partial charge in [-0.1, -0.05) is 109 Å². The van der Waals surface area contributed by atoms with Crippen molar-refractivity contribution in [2.75, 3.05) is 0 Å². The van der Waals surface area contributed by atoms with E-state index >= 15 is 35.1 Å². The van der Waals surface area contributed by atoms with Crippen LogP contribution in [-0.4, -0.2) is 9.97 Å². The monoisotopic (exact) mass is 1070 g/mol. The number of fused-ring (bicyclic) bond motifs is 8. The minimum absolute atomic E-state index is 0. The van der Waals surface area contributed by atoms with Crippen molar-refractivity contribution >= 4 is 46.4 Å². The molecule has 8 bridgehead atoms. The van der Waals surface area contributed by atoms with Crippen LogP contribution in [0.4, 0.5) is 43.9 Å². The first kappa shape index (κ1) is 50.0. The van der Waals surface area contributed by atoms with E-state index in [1.54, 1.807) is 48.5 Å². The Balaban J connectivity index is 0.00000641. The largest absolute Gasteiger partial charge is 2.00 e. The maximum Gasteiger partial charge on any atom is 2.00 e. The number of hydrogen-bond acceptors (Lipinski definition) is 4. The first-order chi connectivity index (χ1) is 35.8. The molecule has 3 aromatic heterocycles. The van der Waals surface area contributed by atoms with Gasteiger partial charge in [0.25, 0.3) is 0 Å². The van der Waals surface area contributed by atoms with E-state index in [0.29, 0.717) is 22.6 Å². The van der Waals surface area contributed by atoms with Crippen LogP contribution in [-0.2, 0) is 32.7 Å². The summed E-state index contributed by atoms with van der Waals surface area (Å²) in [5.41, 5.74) is -2.38. The molecule has 0 aliphatic carbocycles. The molecule has 6 nitrogen and oxygen atoms in total. The zero-order valence-electron chi connectivity index (χ0n) is 38.5. The topological polar surface area (TPSA) is 72.4 Å². The number of benzene rings is 6. The van der Waals surface area contributed by atoms with Crippen LogP contribution < -0.4 is 19.4 Å². The van der Waals surface area contributed by atoms with Crippen molar-refractivity contribution in [2.45, 2.75) is 13.2 Å². The minimum atomic E-state index is -2.39. The maximum atomic E-state index is 16.1. The van der Waals surface area contributed by atoms with Gasteiger partial charge >= 0.3 is 19.5 Å². The first-order valence-corrected chi connectivity index (χ1v) is 22.5. The summed E-state index contributed by atoms with van der Waals surface area (Å²) in [5, 5.41) is 0. The van der Waals surface area contributed by atoms with Crippen LogP contribution in [0.3, 0.4) is 0 Å². The fourth-order valence-corrected chi connectivity index (χ4v) is 8.76. The molecular formula is C58H30F10N4O2Zn. The van der Waals surface area contributed by atoms with E-state index in [1.165, 1.54) is 48.6 Å². The van der Waals surface area contributed by atoms with E-state index in [2.05, 4.69) is 0 Å². The van der Waals surface area contributed by atoms with Gasteiger partial charge in [0, 0.05) is 0 Å². The number of hydrogen-bond donors (Lipinski definition) is 0. The molecule has 2 aliphatic heterocycles. The third-order valence-corrected chi connectivity index (χ3v) is 12.3. The molecule has 0 amide bonds. The van der Waals surface area contributed by atoms with Crippen molar-refractivity contribution in [1.82, 2.24) is 19.9 Å². The van der Waals surface area contributed by atoms with E-state index in [1.807, 2.05) is 60.7 Å². The Kier molecular flexibility index (Phi) is 13.6. The summed E-state index contributed by atoms with van der Waals surface area (Å²) < 4.78 is 167. The molecule has 366 valence electrons. The Labute approximate surface area is 432 Å². The second kappa shape index (κ2) is 20.4. The van der Waals surface area contributed by atoms with E-state index < -0.39 is 80.4 Å². The third kappa shape index (κ3) is 9.17. The van der Waals surface area contributed by atoms with Gasteiger partial charge in [0.1, 0.15) is 24.7 Å². The number of aromatic nitrogens is 4. The molecule has 0 N–H and O–H groups in total. The Morgan fingerprint density at radius 2 is 0.587 bits per heavy atom. The van der Waals surface area contributed by atoms with Crippen LogP contribution in [0, 0.1) is 58.2 Å². The molecule has 5 heterocycles. The second-order valence-corrected chi connectivity index (χ2v) is 16.8. The van der Waals surface area contributed by atoms with Crippen molar-refractivity contribution in [3.05, 3.63) is 226 Å². The third-order valence-electron chi connectivity index (χ3n) is 12.3. The summed E-state index contributed by atoms with van der Waals surface area (Å²) in [7, 11) is 0. The Hall–Kier alpha value is -8.56. The van der Waals surface area contributed by atoms with Crippen molar-refractivity contribution in [2.24, 2.45) is 0 Å². The number of halogens is 10. The molecule has 0 atom stereocenters. The predicted octanol–water partition coefficient (Wildman–Crippen LogP) is 15.1. The number of ether oxygens (including phenoxy) is 2. The molecule has 9 aromatic rings. The molecule has 0 saturated heterocycles. The minimum Gasteiger partial charge on any atom is -0.657 e. The van der Waals surface area contributed by atoms with Gasteiger partial charge in [-0.3, -0.25) is 0 Å². The summed E-state index contributed by atoms with van der Waals surface area (Å²) in [4.78, 5) is 18.8. The summed E-state index contributed by atoms with van der Waals surface area (Å²) in [5.74, 6) is -21.5. The van der Waals surface area contributed by atoms with Gasteiger partial charge < -0.3 is 19.4 Å². The van der Waals surface area contributed by atoms with Gasteiger partial charge in [-0.05, 0) is 93.1 Å². The fourth-order valence-electron chi connectivity index (χ4n) is 8.76. The summed E-state index contributed by atoms with van der Waals surface area (Å²) in [6, 6.07) is 36.7. The van der Waals surface area contributed by atoms with Gasteiger partial charge in [0.05, 0.1) is 33.9 Å². The Morgan fingerprint density at radius 1 is 0.307 bits per heavy atom. The van der Waals surface area contributed by atoms with Crippen LogP contribution in [0.1, 0.15) is 33.9 Å². The molecule has 0 fully saturated rings. The van der Waals surface area contributed by atoms with Gasteiger partial charge in [0.15, 0.2) is 46.5 Å². The second-order valence-electron chi connectivity index (χ2n) is 16.8. The predicted molar refractivity (Wildman–Crippen MR) is 260 cm³/mol. The molecule has 6 aromatic carbocycles. The van der Waals surface area contributed by atoms with E-state index in [9.17, 15) is 8.78 Å². The van der Waals surface area contributed by atoms with Gasteiger partial charge in [-0.2, -0.15) is 0 Å². The quantitative estimate of drug-likeness (QED) is 0.0588. The maximum absolute atomic E-state index is 16.1. The zero-order chi connectivity index (χ0) is 51.4. The molecule has 75 heavy (non-hydrogen) atoms. The van der Waals surface area contributed by atoms with E-state index in [0.717, 1.165) is 11.1 Å². The van der Waals surface area contributed by atoms with E-state index in [-0.39, 0.29) is 88.7 Å². The Bertz CT molecular complexity index is 3640. The average molecular weight is 1070 g/mol. The van der Waals surface area contributed by atoms with Crippen molar-refractivity contribution in [3.63, 3.8) is 0 Å². The standard InChI is InChI=1S/C58H30F10N4O2.Zn/c59-49-47(50(60)54(64)57(67)53(49)63)45-39-23-19-35(69-39)43(31-11-15-33(16-12-31)73-27-29-7-3-1-4-8-29)36-20-24-40(70-36)46(48-51(61)55(65)58(68)56(66)52(48)62)42-26-22-38(72-42)44(37-21-25-41(45)71-37)32-13-17-34(18-14-32)74-28-30-9-5-2-6-10-30;/h1-26H,27-28H2;/q-2;+2. The van der Waals surface area contributed by atoms with Crippen molar-refractivity contribution < 1.29 is 72.9 Å². The summed E-state index contributed by atoms with van der Waals surface area (Å²) >= 11 is 0. The molecule has 11 rings (SSSR count). The normalized spacial score (nSPS) is 11.8. The van der Waals surface area contributed by atoms with Crippen molar-refractivity contribution in [3.8, 4) is 56.0 Å². The summed E-state index contributed by atoms with van der Waals surface area (Å²) in [6.45, 7) is 0.408. The molecule has 0 radical (unpaired) electrons. The van der Waals surface area contributed by atoms with Gasteiger partial charge in [-0.15, -0.1) is 22.1 Å². The SMILES string of the molecule is Fc1c(F)c(F)c(-c2c3nc(c(-c4ccc(OCc5ccccc5)cc4)c4ccc([n-]4)c(-c4c(F)c(F)c(F)c(F)c4F)c4nc(c(-c5ccc(OCc6ccccc6)cc5)c5ccc2[n-]5)C=C4)C=C3)c(F)c1F.[Zn+2]. The van der Waals surface area contributed by atoms with Crippen LogP contribution >= 0.6 is 0 Å². The smallest absolute Gasteiger partial charge is 0.657 e. The zero-order valence-corrected chi connectivity index (χ0v) is 41.5. The van der Waals surface area contributed by atoms with Crippen LogP contribution in [0.5, 0.6) is 11.5 Å². The number of nitrogens with zero attached hydrogens (tertiary/aromatic N) is 4. The molecule has 0 unspecified atom stereocenters. The van der Waals surface area contributed by atoms with Gasteiger partial charge in [0.2, 0.25) is 11.6 Å². The Morgan fingerprint density at radius 3 is 0.907 bits per heavy atom. The fraction of sp³-hybridized carbons (Fsp3) is 0.0345. The molecule has 0 saturated carbocycles. The summed E-state index contributed by atoms with van der Waals surface area (Å²) in [6.07, 6.45) is 5.30. The van der Waals surface area contributed by atoms with Gasteiger partial charge in [-0.25, -0.2) is 53.9 Å². The van der Waals surface area contributed by atoms with Crippen molar-refractivity contribution in [1.29, 1.82) is 0 Å². The number of rotatable bonds is 10. The van der Waals surface area contributed by atoms with E-state index in [4.69, 9.17) is 29.4 Å². The van der Waals surface area contributed by atoms with Crippen LogP contribution in [0.15, 0.2) is 133 Å². The molecule has 0 spiro atoms. The molecule has 17 heteroatoms. The average Bonchev–Trinajstić information content (AvgIpc) is 4.29.